The fraction of sp³-hybridized carbons (Fsp3) is 0.857. The van der Waals surface area contributed by atoms with Gasteiger partial charge in [0.15, 0.2) is 0 Å². The van der Waals surface area contributed by atoms with Crippen LogP contribution in [0.3, 0.4) is 0 Å². The smallest absolute Gasteiger partial charge is 0.244 e. The Labute approximate surface area is 77.9 Å². The fourth-order valence-corrected chi connectivity index (χ4v) is 1.14. The summed E-state index contributed by atoms with van der Waals surface area (Å²) in [7, 11) is 5.77. The van der Waals surface area contributed by atoms with E-state index >= 15 is 0 Å². The third-order valence-corrected chi connectivity index (χ3v) is 1.86. The molecule has 0 atom stereocenters. The van der Waals surface area contributed by atoms with Crippen molar-refractivity contribution >= 4 is 5.95 Å². The summed E-state index contributed by atoms with van der Waals surface area (Å²) < 4.78 is 1.67. The summed E-state index contributed by atoms with van der Waals surface area (Å²) in [4.78, 5) is 2.04. The summed E-state index contributed by atoms with van der Waals surface area (Å²) in [6.45, 7) is 1.96. The molecule has 1 aromatic heterocycles. The maximum atomic E-state index is 3.90. The zero-order valence-corrected chi connectivity index (χ0v) is 8.36. The molecule has 6 nitrogen and oxygen atoms in total. The average Bonchev–Trinajstić information content (AvgIpc) is 2.52. The van der Waals surface area contributed by atoms with Gasteiger partial charge in [-0.05, 0) is 30.4 Å². The first-order valence-corrected chi connectivity index (χ1v) is 4.34. The lowest BCUT2D eigenvalue weighted by Gasteiger charge is -2.15. The van der Waals surface area contributed by atoms with E-state index in [1.165, 1.54) is 0 Å². The zero-order chi connectivity index (χ0) is 9.68. The Bertz CT molecular complexity index is 245. The average molecular weight is 184 g/mol. The van der Waals surface area contributed by atoms with Gasteiger partial charge in [0.1, 0.15) is 0 Å². The second-order valence-corrected chi connectivity index (χ2v) is 2.98. The zero-order valence-electron chi connectivity index (χ0n) is 8.36. The predicted octanol–water partition coefficient (Wildman–Crippen LogP) is -0.744. The van der Waals surface area contributed by atoms with Crippen molar-refractivity contribution in [1.82, 2.24) is 25.5 Å². The van der Waals surface area contributed by atoms with Crippen LogP contribution in [0.5, 0.6) is 0 Å². The van der Waals surface area contributed by atoms with Gasteiger partial charge in [0, 0.05) is 20.6 Å². The molecule has 13 heavy (non-hydrogen) atoms. The van der Waals surface area contributed by atoms with Crippen LogP contribution in [0.15, 0.2) is 0 Å². The van der Waals surface area contributed by atoms with Gasteiger partial charge in [-0.15, -0.1) is 0 Å². The quantitative estimate of drug-likeness (QED) is 0.610. The van der Waals surface area contributed by atoms with Gasteiger partial charge in [-0.2, -0.15) is 0 Å². The molecule has 1 N–H and O–H groups in total. The van der Waals surface area contributed by atoms with Crippen LogP contribution in [0.25, 0.3) is 0 Å². The summed E-state index contributed by atoms with van der Waals surface area (Å²) in [5.41, 5.74) is 0. The SMILES string of the molecule is CNCCCN(C)c1nnnn1C. The van der Waals surface area contributed by atoms with Crippen molar-refractivity contribution in [2.24, 2.45) is 7.05 Å². The summed E-state index contributed by atoms with van der Waals surface area (Å²) in [5.74, 6) is 0.802. The van der Waals surface area contributed by atoms with Crippen molar-refractivity contribution in [3.05, 3.63) is 0 Å². The number of aryl methyl sites for hydroxylation is 1. The molecule has 0 aliphatic heterocycles. The lowest BCUT2D eigenvalue weighted by atomic mass is 10.4. The number of hydrogen-bond acceptors (Lipinski definition) is 5. The van der Waals surface area contributed by atoms with Crippen molar-refractivity contribution in [3.63, 3.8) is 0 Å². The van der Waals surface area contributed by atoms with E-state index in [0.29, 0.717) is 0 Å². The Morgan fingerprint density at radius 1 is 1.54 bits per heavy atom. The van der Waals surface area contributed by atoms with E-state index in [-0.39, 0.29) is 0 Å². The van der Waals surface area contributed by atoms with Gasteiger partial charge in [-0.1, -0.05) is 5.10 Å². The molecule has 0 aromatic carbocycles. The highest BCUT2D eigenvalue weighted by Gasteiger charge is 2.06. The molecule has 0 bridgehead atoms. The monoisotopic (exact) mass is 184 g/mol. The molecule has 0 radical (unpaired) electrons. The number of tetrazole rings is 1. The molecule has 1 aromatic rings. The molecule has 0 saturated carbocycles. The van der Waals surface area contributed by atoms with E-state index in [9.17, 15) is 0 Å². The molecule has 0 aliphatic carbocycles. The summed E-state index contributed by atoms with van der Waals surface area (Å²) >= 11 is 0. The van der Waals surface area contributed by atoms with Crippen LogP contribution in [-0.4, -0.2) is 47.4 Å². The minimum atomic E-state index is 0.802. The summed E-state index contributed by atoms with van der Waals surface area (Å²) in [6, 6.07) is 0. The first kappa shape index (κ1) is 9.91. The number of hydrogen-bond donors (Lipinski definition) is 1. The third kappa shape index (κ3) is 2.66. The number of aromatic nitrogens is 4. The van der Waals surface area contributed by atoms with Gasteiger partial charge in [0.25, 0.3) is 0 Å². The summed E-state index contributed by atoms with van der Waals surface area (Å²) in [5, 5.41) is 14.3. The standard InChI is InChI=1S/C7H16N6/c1-8-5-4-6-12(2)7-9-10-11-13(7)3/h8H,4-6H2,1-3H3. The van der Waals surface area contributed by atoms with Crippen LogP contribution in [0.2, 0.25) is 0 Å². The van der Waals surface area contributed by atoms with Crippen LogP contribution in [0.4, 0.5) is 5.95 Å². The molecular weight excluding hydrogens is 168 g/mol. The molecule has 0 saturated heterocycles. The van der Waals surface area contributed by atoms with Gasteiger partial charge in [0.05, 0.1) is 0 Å². The number of anilines is 1. The van der Waals surface area contributed by atoms with Crippen molar-refractivity contribution in [1.29, 1.82) is 0 Å². The van der Waals surface area contributed by atoms with E-state index < -0.39 is 0 Å². The predicted molar refractivity (Wildman–Crippen MR) is 50.6 cm³/mol. The highest BCUT2D eigenvalue weighted by molar-refractivity contribution is 5.25. The van der Waals surface area contributed by atoms with E-state index in [4.69, 9.17) is 0 Å². The molecule has 6 heteroatoms. The highest BCUT2D eigenvalue weighted by atomic mass is 15.6. The maximum Gasteiger partial charge on any atom is 0.244 e. The molecule has 0 spiro atoms. The third-order valence-electron chi connectivity index (χ3n) is 1.86. The van der Waals surface area contributed by atoms with E-state index in [0.717, 1.165) is 25.5 Å². The van der Waals surface area contributed by atoms with Crippen LogP contribution in [0.1, 0.15) is 6.42 Å². The Hall–Kier alpha value is -1.17. The van der Waals surface area contributed by atoms with E-state index in [1.807, 2.05) is 26.0 Å². The minimum Gasteiger partial charge on any atom is -0.343 e. The summed E-state index contributed by atoms with van der Waals surface area (Å²) in [6.07, 6.45) is 1.08. The van der Waals surface area contributed by atoms with Gasteiger partial charge in [-0.25, -0.2) is 4.68 Å². The molecule has 0 fully saturated rings. The Morgan fingerprint density at radius 3 is 2.85 bits per heavy atom. The molecule has 0 amide bonds. The van der Waals surface area contributed by atoms with Crippen molar-refractivity contribution in [3.8, 4) is 0 Å². The first-order valence-electron chi connectivity index (χ1n) is 4.34. The van der Waals surface area contributed by atoms with Crippen LogP contribution < -0.4 is 10.2 Å². The van der Waals surface area contributed by atoms with Gasteiger partial charge >= 0.3 is 0 Å². The van der Waals surface area contributed by atoms with Crippen molar-refractivity contribution in [2.75, 3.05) is 32.1 Å². The van der Waals surface area contributed by atoms with Gasteiger partial charge in [-0.3, -0.25) is 0 Å². The lowest BCUT2D eigenvalue weighted by molar-refractivity contribution is 0.671. The van der Waals surface area contributed by atoms with E-state index in [1.54, 1.807) is 4.68 Å². The molecule has 1 rings (SSSR count). The van der Waals surface area contributed by atoms with E-state index in [2.05, 4.69) is 20.8 Å². The topological polar surface area (TPSA) is 58.9 Å². The Kier molecular flexibility index (Phi) is 3.63. The van der Waals surface area contributed by atoms with Gasteiger partial charge < -0.3 is 10.2 Å². The first-order chi connectivity index (χ1) is 6.25. The number of nitrogens with one attached hydrogen (secondary N) is 1. The van der Waals surface area contributed by atoms with Crippen molar-refractivity contribution < 1.29 is 0 Å². The van der Waals surface area contributed by atoms with Crippen LogP contribution in [-0.2, 0) is 7.05 Å². The lowest BCUT2D eigenvalue weighted by Crippen LogP contribution is -2.24. The fourth-order valence-electron chi connectivity index (χ4n) is 1.14. The highest BCUT2D eigenvalue weighted by Crippen LogP contribution is 2.03. The van der Waals surface area contributed by atoms with Gasteiger partial charge in [0.2, 0.25) is 5.95 Å². The van der Waals surface area contributed by atoms with Crippen LogP contribution in [0, 0.1) is 0 Å². The minimum absolute atomic E-state index is 0.802. The molecule has 74 valence electrons. The molecule has 0 aliphatic rings. The normalized spacial score (nSPS) is 10.4. The maximum absolute atomic E-state index is 3.90. The molecular formula is C7H16N6. The van der Waals surface area contributed by atoms with Crippen LogP contribution >= 0.6 is 0 Å². The Morgan fingerprint density at radius 2 is 2.31 bits per heavy atom. The second kappa shape index (κ2) is 4.76. The largest absolute Gasteiger partial charge is 0.343 e. The van der Waals surface area contributed by atoms with Crippen molar-refractivity contribution in [2.45, 2.75) is 6.42 Å². The Balaban J connectivity index is 2.39. The molecule has 0 unspecified atom stereocenters. The number of nitrogens with zero attached hydrogens (tertiary/aromatic N) is 5. The molecule has 1 heterocycles. The second-order valence-electron chi connectivity index (χ2n) is 2.98. The number of rotatable bonds is 5.